The zero-order valence-electron chi connectivity index (χ0n) is 17.5. The van der Waals surface area contributed by atoms with Gasteiger partial charge < -0.3 is 15.4 Å². The molecule has 1 fully saturated rings. The van der Waals surface area contributed by atoms with Crippen LogP contribution >= 0.6 is 0 Å². The number of ether oxygens (including phenoxy) is 1. The van der Waals surface area contributed by atoms with Gasteiger partial charge >= 0.3 is 6.61 Å². The predicted octanol–water partition coefficient (Wildman–Crippen LogP) is 3.10. The maximum Gasteiger partial charge on any atom is 0.387 e. The first-order chi connectivity index (χ1) is 16.0. The van der Waals surface area contributed by atoms with E-state index in [2.05, 4.69) is 25.3 Å². The number of carbonyl (C=O) groups excluding carboxylic acids is 2. The quantitative estimate of drug-likeness (QED) is 0.506. The SMILES string of the molecule is O=C1CN(CC(=O)c2ccc(Nc3ncc(-c4ccc(OC(F)F)cc4)cn3)cc2)CCN1. The number of Topliss-reactive ketones (excluding diaryl/α,β-unsaturated/α-hetero) is 1. The first-order valence-corrected chi connectivity index (χ1v) is 10.2. The van der Waals surface area contributed by atoms with Gasteiger partial charge in [-0.15, -0.1) is 0 Å². The lowest BCUT2D eigenvalue weighted by Gasteiger charge is -2.25. The zero-order chi connectivity index (χ0) is 23.2. The van der Waals surface area contributed by atoms with Gasteiger partial charge in [0.2, 0.25) is 11.9 Å². The minimum atomic E-state index is -2.87. The van der Waals surface area contributed by atoms with Crippen LogP contribution in [0.5, 0.6) is 5.75 Å². The van der Waals surface area contributed by atoms with Gasteiger partial charge in [0.1, 0.15) is 5.75 Å². The molecule has 0 saturated carbocycles. The first kappa shape index (κ1) is 22.3. The molecule has 10 heteroatoms. The summed E-state index contributed by atoms with van der Waals surface area (Å²) in [6.07, 6.45) is 3.23. The molecule has 170 valence electrons. The lowest BCUT2D eigenvalue weighted by atomic mass is 10.1. The van der Waals surface area contributed by atoms with E-state index in [1.54, 1.807) is 48.8 Å². The lowest BCUT2D eigenvalue weighted by molar-refractivity contribution is -0.123. The molecule has 1 aliphatic rings. The van der Waals surface area contributed by atoms with Crippen LogP contribution in [0.15, 0.2) is 60.9 Å². The Bertz CT molecular complexity index is 1110. The average Bonchev–Trinajstić information content (AvgIpc) is 2.80. The Hall–Kier alpha value is -3.92. The maximum atomic E-state index is 12.5. The van der Waals surface area contributed by atoms with E-state index in [0.29, 0.717) is 30.3 Å². The summed E-state index contributed by atoms with van der Waals surface area (Å²) in [5.41, 5.74) is 2.75. The molecule has 0 radical (unpaired) electrons. The molecule has 8 nitrogen and oxygen atoms in total. The highest BCUT2D eigenvalue weighted by Gasteiger charge is 2.19. The molecule has 3 aromatic rings. The number of amides is 1. The number of piperazine rings is 1. The van der Waals surface area contributed by atoms with Gasteiger partial charge in [-0.2, -0.15) is 8.78 Å². The number of nitrogens with zero attached hydrogens (tertiary/aromatic N) is 3. The first-order valence-electron chi connectivity index (χ1n) is 10.2. The fourth-order valence-electron chi connectivity index (χ4n) is 3.36. The number of ketones is 1. The third-order valence-corrected chi connectivity index (χ3v) is 5.01. The molecule has 1 saturated heterocycles. The van der Waals surface area contributed by atoms with E-state index in [4.69, 9.17) is 0 Å². The normalized spacial score (nSPS) is 14.1. The van der Waals surface area contributed by atoms with E-state index >= 15 is 0 Å². The van der Waals surface area contributed by atoms with Crippen LogP contribution in [-0.2, 0) is 4.79 Å². The molecule has 2 heterocycles. The van der Waals surface area contributed by atoms with Gasteiger partial charge in [-0.1, -0.05) is 12.1 Å². The molecule has 0 bridgehead atoms. The van der Waals surface area contributed by atoms with Crippen LogP contribution in [-0.4, -0.2) is 59.3 Å². The Balaban J connectivity index is 1.34. The number of nitrogens with one attached hydrogen (secondary N) is 2. The summed E-state index contributed by atoms with van der Waals surface area (Å²) in [6, 6.07) is 13.2. The molecule has 0 aliphatic carbocycles. The van der Waals surface area contributed by atoms with Crippen LogP contribution in [0, 0.1) is 0 Å². The van der Waals surface area contributed by atoms with Crippen molar-refractivity contribution in [2.24, 2.45) is 0 Å². The number of benzene rings is 2. The van der Waals surface area contributed by atoms with Gasteiger partial charge in [-0.3, -0.25) is 14.5 Å². The average molecular weight is 453 g/mol. The molecular formula is C23H21F2N5O3. The number of hydrogen-bond acceptors (Lipinski definition) is 7. The second-order valence-corrected chi connectivity index (χ2v) is 7.38. The van der Waals surface area contributed by atoms with Crippen molar-refractivity contribution >= 4 is 23.3 Å². The molecule has 33 heavy (non-hydrogen) atoms. The minimum absolute atomic E-state index is 0.0539. The summed E-state index contributed by atoms with van der Waals surface area (Å²) in [5.74, 6) is 0.324. The van der Waals surface area contributed by atoms with Gasteiger partial charge in [0.15, 0.2) is 5.78 Å². The van der Waals surface area contributed by atoms with E-state index in [9.17, 15) is 18.4 Å². The molecule has 2 N–H and O–H groups in total. The number of aromatic nitrogens is 2. The molecule has 0 unspecified atom stereocenters. The van der Waals surface area contributed by atoms with Gasteiger partial charge in [0.05, 0.1) is 13.1 Å². The Morgan fingerprint density at radius 1 is 1.06 bits per heavy atom. The lowest BCUT2D eigenvalue weighted by Crippen LogP contribution is -2.49. The molecule has 1 amide bonds. The van der Waals surface area contributed by atoms with E-state index < -0.39 is 6.61 Å². The van der Waals surface area contributed by atoms with Crippen molar-refractivity contribution in [2.75, 3.05) is 31.5 Å². The van der Waals surface area contributed by atoms with Crippen molar-refractivity contribution < 1.29 is 23.1 Å². The topological polar surface area (TPSA) is 96.5 Å². The van der Waals surface area contributed by atoms with E-state index in [1.165, 1.54) is 12.1 Å². The highest BCUT2D eigenvalue weighted by atomic mass is 19.3. The second-order valence-electron chi connectivity index (χ2n) is 7.38. The molecule has 2 aromatic carbocycles. The zero-order valence-corrected chi connectivity index (χ0v) is 17.5. The van der Waals surface area contributed by atoms with Crippen LogP contribution in [0.1, 0.15) is 10.4 Å². The standard InChI is InChI=1S/C23H21F2N5O3/c24-22(25)33-19-7-3-15(4-8-19)17-11-27-23(28-12-17)29-18-5-1-16(2-6-18)20(31)13-30-10-9-26-21(32)14-30/h1-8,11-12,22H,9-10,13-14H2,(H,26,32)(H,27,28,29). The van der Waals surface area contributed by atoms with Crippen molar-refractivity contribution in [2.45, 2.75) is 6.61 Å². The van der Waals surface area contributed by atoms with Crippen LogP contribution < -0.4 is 15.4 Å². The number of rotatable bonds is 8. The predicted molar refractivity (Wildman–Crippen MR) is 118 cm³/mol. The number of halogens is 2. The highest BCUT2D eigenvalue weighted by Crippen LogP contribution is 2.23. The number of hydrogen-bond donors (Lipinski definition) is 2. The number of carbonyl (C=O) groups is 2. The van der Waals surface area contributed by atoms with Crippen LogP contribution in [0.4, 0.5) is 20.4 Å². The van der Waals surface area contributed by atoms with E-state index in [0.717, 1.165) is 11.1 Å². The van der Waals surface area contributed by atoms with E-state index in [-0.39, 0.29) is 30.5 Å². The summed E-state index contributed by atoms with van der Waals surface area (Å²) in [6.45, 7) is -1.24. The van der Waals surface area contributed by atoms with Crippen molar-refractivity contribution in [3.63, 3.8) is 0 Å². The smallest absolute Gasteiger partial charge is 0.387 e. The van der Waals surface area contributed by atoms with Gasteiger partial charge in [-0.05, 0) is 42.0 Å². The molecule has 0 spiro atoms. The number of anilines is 2. The summed E-state index contributed by atoms with van der Waals surface area (Å²) < 4.78 is 28.9. The summed E-state index contributed by atoms with van der Waals surface area (Å²) in [4.78, 5) is 34.3. The molecular weight excluding hydrogens is 432 g/mol. The van der Waals surface area contributed by atoms with Gasteiger partial charge in [0, 0.05) is 42.3 Å². The number of alkyl halides is 2. The fraction of sp³-hybridized carbons (Fsp3) is 0.217. The van der Waals surface area contributed by atoms with Crippen LogP contribution in [0.25, 0.3) is 11.1 Å². The third kappa shape index (κ3) is 6.07. The fourth-order valence-corrected chi connectivity index (χ4v) is 3.36. The van der Waals surface area contributed by atoms with Crippen molar-refractivity contribution in [3.05, 3.63) is 66.5 Å². The minimum Gasteiger partial charge on any atom is -0.435 e. The highest BCUT2D eigenvalue weighted by molar-refractivity contribution is 5.98. The monoisotopic (exact) mass is 453 g/mol. The second kappa shape index (κ2) is 10.1. The Labute approximate surface area is 188 Å². The molecule has 1 aromatic heterocycles. The maximum absolute atomic E-state index is 12.5. The summed E-state index contributed by atoms with van der Waals surface area (Å²) in [7, 11) is 0. The Morgan fingerprint density at radius 2 is 1.76 bits per heavy atom. The third-order valence-electron chi connectivity index (χ3n) is 5.01. The van der Waals surface area contributed by atoms with Gasteiger partial charge in [-0.25, -0.2) is 9.97 Å². The molecule has 0 atom stereocenters. The van der Waals surface area contributed by atoms with Gasteiger partial charge in [0.25, 0.3) is 0 Å². The van der Waals surface area contributed by atoms with Crippen molar-refractivity contribution in [1.29, 1.82) is 0 Å². The summed E-state index contributed by atoms with van der Waals surface area (Å²) >= 11 is 0. The van der Waals surface area contributed by atoms with E-state index in [1.807, 2.05) is 4.90 Å². The Kier molecular flexibility index (Phi) is 6.84. The van der Waals surface area contributed by atoms with Crippen molar-refractivity contribution in [3.8, 4) is 16.9 Å². The summed E-state index contributed by atoms with van der Waals surface area (Å²) in [5, 5.41) is 5.80. The van der Waals surface area contributed by atoms with Crippen molar-refractivity contribution in [1.82, 2.24) is 20.2 Å². The Morgan fingerprint density at radius 3 is 2.39 bits per heavy atom. The largest absolute Gasteiger partial charge is 0.435 e. The van der Waals surface area contributed by atoms with Crippen LogP contribution in [0.3, 0.4) is 0 Å². The molecule has 4 rings (SSSR count). The molecule has 1 aliphatic heterocycles. The van der Waals surface area contributed by atoms with Crippen LogP contribution in [0.2, 0.25) is 0 Å².